The van der Waals surface area contributed by atoms with Gasteiger partial charge in [0.05, 0.1) is 22.1 Å². The summed E-state index contributed by atoms with van der Waals surface area (Å²) in [6, 6.07) is 58.3. The molecule has 0 atom stereocenters. The van der Waals surface area contributed by atoms with Gasteiger partial charge in [0, 0.05) is 32.9 Å². The van der Waals surface area contributed by atoms with E-state index in [1.54, 1.807) is 0 Å². The average molecular weight is 686 g/mol. The van der Waals surface area contributed by atoms with Crippen LogP contribution in [-0.4, -0.2) is 48.4 Å². The Bertz CT molecular complexity index is 3100. The molecular weight excluding hydrogens is 659 g/mol. The maximum absolute atomic E-state index is 6.33. The molecule has 55 heavy (non-hydrogen) atoms. The molecule has 10 rings (SSSR count). The minimum absolute atomic E-state index is 0.209. The molecule has 0 spiro atoms. The number of benzene rings is 8. The van der Waals surface area contributed by atoms with Crippen molar-refractivity contribution in [2.75, 3.05) is 0 Å². The highest BCUT2D eigenvalue weighted by Gasteiger charge is 2.17. The van der Waals surface area contributed by atoms with Crippen LogP contribution >= 0.6 is 0 Å². The van der Waals surface area contributed by atoms with E-state index in [1.165, 1.54) is 43.7 Å². The summed E-state index contributed by atoms with van der Waals surface area (Å²) in [4.78, 5) is 0. The summed E-state index contributed by atoms with van der Waals surface area (Å²) in [5.41, 5.74) is 14.2. The van der Waals surface area contributed by atoms with Crippen molar-refractivity contribution in [2.45, 2.75) is 0 Å². The first kappa shape index (κ1) is 33.3. The summed E-state index contributed by atoms with van der Waals surface area (Å²) in [6.45, 7) is 0. The second-order valence-electron chi connectivity index (χ2n) is 14.1. The van der Waals surface area contributed by atoms with Crippen LogP contribution in [-0.2, 0) is 0 Å². The molecule has 0 saturated heterocycles. The summed E-state index contributed by atoms with van der Waals surface area (Å²) in [5.74, 6) is 0. The predicted molar refractivity (Wildman–Crippen MR) is 238 cm³/mol. The third-order valence-electron chi connectivity index (χ3n) is 11.0. The van der Waals surface area contributed by atoms with Crippen molar-refractivity contribution < 1.29 is 0 Å². The molecule has 0 saturated carbocycles. The summed E-state index contributed by atoms with van der Waals surface area (Å²) < 4.78 is 4.70. The monoisotopic (exact) mass is 686 g/mol. The molecule has 2 nitrogen and oxygen atoms in total. The molecule has 2 heterocycles. The lowest BCUT2D eigenvalue weighted by Crippen LogP contribution is -2.55. The van der Waals surface area contributed by atoms with Crippen LogP contribution in [0.1, 0.15) is 0 Å². The zero-order valence-electron chi connectivity index (χ0n) is 29.9. The van der Waals surface area contributed by atoms with E-state index in [4.69, 9.17) is 39.2 Å². The molecule has 0 aliphatic carbocycles. The van der Waals surface area contributed by atoms with Gasteiger partial charge in [-0.15, -0.1) is 16.4 Å². The van der Waals surface area contributed by atoms with E-state index in [0.29, 0.717) is 16.5 Å². The lowest BCUT2D eigenvalue weighted by atomic mass is 9.59. The van der Waals surface area contributed by atoms with Gasteiger partial charge in [0.15, 0.2) is 0 Å². The quantitative estimate of drug-likeness (QED) is 0.176. The molecule has 0 fully saturated rings. The van der Waals surface area contributed by atoms with Crippen molar-refractivity contribution in [3.8, 4) is 44.8 Å². The maximum atomic E-state index is 6.33. The minimum Gasteiger partial charge on any atom is -0.309 e. The van der Waals surface area contributed by atoms with Crippen LogP contribution in [0.3, 0.4) is 0 Å². The van der Waals surface area contributed by atoms with Crippen molar-refractivity contribution in [1.82, 2.24) is 9.13 Å². The Kier molecular flexibility index (Phi) is 7.82. The highest BCUT2D eigenvalue weighted by Crippen LogP contribution is 2.38. The summed E-state index contributed by atoms with van der Waals surface area (Å²) in [6.07, 6.45) is 0. The highest BCUT2D eigenvalue weighted by molar-refractivity contribution is 6.68. The lowest BCUT2D eigenvalue weighted by molar-refractivity contribution is 1.18. The van der Waals surface area contributed by atoms with E-state index in [2.05, 4.69) is 149 Å². The van der Waals surface area contributed by atoms with E-state index in [1.807, 2.05) is 24.3 Å². The Morgan fingerprint density at radius 3 is 1.15 bits per heavy atom. The van der Waals surface area contributed by atoms with Gasteiger partial charge in [-0.2, -0.15) is 0 Å². The van der Waals surface area contributed by atoms with Crippen molar-refractivity contribution in [1.29, 1.82) is 0 Å². The molecule has 8 aromatic carbocycles. The molecule has 0 aliphatic rings. The molecular formula is C48H27B5N2. The van der Waals surface area contributed by atoms with Gasteiger partial charge in [0.1, 0.15) is 39.2 Å². The summed E-state index contributed by atoms with van der Waals surface area (Å²) in [5, 5.41) is 4.90. The number of hydrogen-bond donors (Lipinski definition) is 0. The number of rotatable bonds is 5. The molecule has 0 amide bonds. The van der Waals surface area contributed by atoms with E-state index in [9.17, 15) is 0 Å². The van der Waals surface area contributed by atoms with Crippen molar-refractivity contribution in [3.63, 3.8) is 0 Å². The highest BCUT2D eigenvalue weighted by atomic mass is 15.0. The van der Waals surface area contributed by atoms with Gasteiger partial charge in [-0.05, 0) is 94.0 Å². The van der Waals surface area contributed by atoms with E-state index in [0.717, 1.165) is 39.1 Å². The van der Waals surface area contributed by atoms with Crippen molar-refractivity contribution in [2.24, 2.45) is 0 Å². The zero-order valence-corrected chi connectivity index (χ0v) is 29.9. The Morgan fingerprint density at radius 1 is 0.273 bits per heavy atom. The first-order valence-electron chi connectivity index (χ1n) is 18.2. The normalized spacial score (nSPS) is 11.6. The number of hydrogen-bond acceptors (Lipinski definition) is 0. The van der Waals surface area contributed by atoms with E-state index >= 15 is 0 Å². The van der Waals surface area contributed by atoms with Gasteiger partial charge >= 0.3 is 0 Å². The van der Waals surface area contributed by atoms with Crippen LogP contribution in [0.25, 0.3) is 88.4 Å². The molecule has 244 valence electrons. The third-order valence-corrected chi connectivity index (χ3v) is 11.0. The summed E-state index contributed by atoms with van der Waals surface area (Å²) >= 11 is 0. The third kappa shape index (κ3) is 5.25. The molecule has 7 heteroatoms. The number of aromatic nitrogens is 2. The fourth-order valence-electron chi connectivity index (χ4n) is 8.23. The van der Waals surface area contributed by atoms with Gasteiger partial charge < -0.3 is 9.13 Å². The number of nitrogens with zero attached hydrogens (tertiary/aromatic N) is 2. The van der Waals surface area contributed by atoms with Crippen LogP contribution in [0, 0.1) is 0 Å². The first-order chi connectivity index (χ1) is 26.9. The van der Waals surface area contributed by atoms with Crippen LogP contribution in [0.4, 0.5) is 0 Å². The Morgan fingerprint density at radius 2 is 0.636 bits per heavy atom. The molecule has 10 radical (unpaired) electrons. The Balaban J connectivity index is 1.02. The van der Waals surface area contributed by atoms with Crippen LogP contribution in [0.15, 0.2) is 164 Å². The first-order valence-corrected chi connectivity index (χ1v) is 18.2. The Labute approximate surface area is 326 Å². The topological polar surface area (TPSA) is 9.86 Å². The molecule has 0 aliphatic heterocycles. The largest absolute Gasteiger partial charge is 0.309 e. The maximum Gasteiger partial charge on any atom is 0.113 e. The van der Waals surface area contributed by atoms with Gasteiger partial charge in [-0.1, -0.05) is 114 Å². The average Bonchev–Trinajstić information content (AvgIpc) is 3.75. The molecule has 0 unspecified atom stereocenters. The van der Waals surface area contributed by atoms with E-state index < -0.39 is 0 Å². The zero-order chi connectivity index (χ0) is 37.4. The number of para-hydroxylation sites is 3. The second-order valence-corrected chi connectivity index (χ2v) is 14.1. The predicted octanol–water partition coefficient (Wildman–Crippen LogP) is 6.85. The van der Waals surface area contributed by atoms with Gasteiger partial charge in [0.2, 0.25) is 0 Å². The Hall–Kier alpha value is -6.32. The molecule has 2 aromatic heterocycles. The standard InChI is InChI=1S/C48H27B5N2/c49-44-43(45(50)47(52)48(53)46(44)51)30-16-14-28(15-17-30)29-18-22-34(23-19-29)55-40-13-7-5-11-36(40)38-27-32(21-25-42(38)55)31-20-24-41-37(26-31)35-10-4-6-12-39(35)54(41)33-8-2-1-3-9-33/h1-27H. The number of fused-ring (bicyclic) bond motifs is 6. The summed E-state index contributed by atoms with van der Waals surface area (Å²) in [7, 11) is 30.9. The SMILES string of the molecule is [B]c1c([B])c([B])c(-c2ccc(-c3ccc(-n4c5ccccc5c5cc(-c6ccc7c(c6)c6ccccc6n7-c6ccccc6)ccc54)cc3)cc2)c([B])c1[B]. The van der Waals surface area contributed by atoms with Gasteiger partial charge in [0.25, 0.3) is 0 Å². The smallest absolute Gasteiger partial charge is 0.113 e. The van der Waals surface area contributed by atoms with Crippen molar-refractivity contribution in [3.05, 3.63) is 164 Å². The molecule has 0 bridgehead atoms. The van der Waals surface area contributed by atoms with Crippen LogP contribution in [0.2, 0.25) is 0 Å². The molecule has 10 aromatic rings. The van der Waals surface area contributed by atoms with Gasteiger partial charge in [-0.25, -0.2) is 0 Å². The fourth-order valence-corrected chi connectivity index (χ4v) is 8.23. The lowest BCUT2D eigenvalue weighted by Gasteiger charge is -2.21. The molecule has 0 N–H and O–H groups in total. The van der Waals surface area contributed by atoms with Gasteiger partial charge in [-0.3, -0.25) is 0 Å². The fraction of sp³-hybridized carbons (Fsp3) is 0. The van der Waals surface area contributed by atoms with Crippen molar-refractivity contribution >= 4 is 110 Å². The van der Waals surface area contributed by atoms with Crippen LogP contribution in [0.5, 0.6) is 0 Å². The minimum atomic E-state index is 0.209. The van der Waals surface area contributed by atoms with E-state index in [-0.39, 0.29) is 16.4 Å². The second kappa shape index (κ2) is 12.9. The van der Waals surface area contributed by atoms with Crippen LogP contribution < -0.4 is 27.3 Å².